The molecule has 3 rings (SSSR count). The Morgan fingerprint density at radius 3 is 2.33 bits per heavy atom. The lowest BCUT2D eigenvalue weighted by Crippen LogP contribution is -2.13. The van der Waals surface area contributed by atoms with Gasteiger partial charge in [-0.2, -0.15) is 17.9 Å². The second-order valence-electron chi connectivity index (χ2n) is 5.32. The lowest BCUT2D eigenvalue weighted by atomic mass is 10.1. The second-order valence-corrected chi connectivity index (χ2v) is 6.14. The predicted molar refractivity (Wildman–Crippen MR) is 89.9 cm³/mol. The number of phenolic OH excluding ortho intramolecular Hbond substituents is 1. The number of phenols is 1. The van der Waals surface area contributed by atoms with Crippen molar-refractivity contribution in [1.82, 2.24) is 9.71 Å². The molecule has 0 aliphatic carbocycles. The lowest BCUT2D eigenvalue weighted by Gasteiger charge is -2.09. The summed E-state index contributed by atoms with van der Waals surface area (Å²) in [7, 11) is 0. The Kier molecular flexibility index (Phi) is 4.75. The Balaban J connectivity index is 2.19. The third kappa shape index (κ3) is 3.69. The number of carbonyl (C=O) groups excluding carboxylic acids is 1. The molecule has 0 aliphatic heterocycles. The van der Waals surface area contributed by atoms with Gasteiger partial charge >= 0.3 is 6.18 Å². The number of benzene rings is 1. The first-order valence-corrected chi connectivity index (χ1v) is 7.89. The van der Waals surface area contributed by atoms with Crippen LogP contribution in [0, 0.1) is 0 Å². The fourth-order valence-corrected chi connectivity index (χ4v) is 2.86. The number of alkyl halides is 3. The highest BCUT2D eigenvalue weighted by atomic mass is 35.5. The minimum Gasteiger partial charge on any atom is -0.506 e. The standard InChI is InChI=1S/C16H8Cl2F3N3O3/c17-9-5-24(27)6-10(18)14(9)23-15(26)8-1-3-11(25)13-7(8)2-4-12(22-13)16(19,20)21/h1-6,25,27H. The smallest absolute Gasteiger partial charge is 0.433 e. The van der Waals surface area contributed by atoms with Gasteiger partial charge < -0.3 is 10.3 Å². The van der Waals surface area contributed by atoms with Crippen molar-refractivity contribution in [2.75, 3.05) is 0 Å². The molecular weight excluding hydrogens is 410 g/mol. The highest BCUT2D eigenvalue weighted by molar-refractivity contribution is 6.34. The van der Waals surface area contributed by atoms with Gasteiger partial charge in [-0.05, 0) is 24.3 Å². The summed E-state index contributed by atoms with van der Waals surface area (Å²) in [6, 6.07) is 3.93. The first-order valence-electron chi connectivity index (χ1n) is 7.13. The van der Waals surface area contributed by atoms with E-state index in [0.717, 1.165) is 24.5 Å². The summed E-state index contributed by atoms with van der Waals surface area (Å²) >= 11 is 11.8. The van der Waals surface area contributed by atoms with E-state index in [1.807, 2.05) is 0 Å². The van der Waals surface area contributed by atoms with E-state index in [1.54, 1.807) is 0 Å². The van der Waals surface area contributed by atoms with E-state index in [1.165, 1.54) is 6.07 Å². The van der Waals surface area contributed by atoms with Gasteiger partial charge in [-0.15, -0.1) is 0 Å². The summed E-state index contributed by atoms with van der Waals surface area (Å²) in [5, 5.41) is 18.7. The largest absolute Gasteiger partial charge is 0.506 e. The minimum atomic E-state index is -4.71. The molecule has 0 atom stereocenters. The lowest BCUT2D eigenvalue weighted by molar-refractivity contribution is -0.140. The third-order valence-corrected chi connectivity index (χ3v) is 4.07. The summed E-state index contributed by atoms with van der Waals surface area (Å²) in [5.74, 6) is -1.40. The first-order chi connectivity index (χ1) is 12.6. The summed E-state index contributed by atoms with van der Waals surface area (Å²) < 4.78 is 39.1. The van der Waals surface area contributed by atoms with Gasteiger partial charge in [0.1, 0.15) is 22.3 Å². The SMILES string of the molecule is O=C(N=c1c(Cl)cn(O)cc1Cl)c1ccc(O)c2nc(C(F)(F)F)ccc12. The van der Waals surface area contributed by atoms with Crippen molar-refractivity contribution in [3.8, 4) is 5.75 Å². The fourth-order valence-electron chi connectivity index (χ4n) is 2.32. The van der Waals surface area contributed by atoms with E-state index in [4.69, 9.17) is 23.2 Å². The second kappa shape index (κ2) is 6.75. The van der Waals surface area contributed by atoms with Crippen molar-refractivity contribution >= 4 is 40.0 Å². The van der Waals surface area contributed by atoms with E-state index < -0.39 is 29.0 Å². The van der Waals surface area contributed by atoms with Crippen LogP contribution in [0.1, 0.15) is 16.1 Å². The molecule has 3 aromatic rings. The quantitative estimate of drug-likeness (QED) is 0.584. The van der Waals surface area contributed by atoms with Crippen LogP contribution in [-0.2, 0) is 6.18 Å². The number of hydrogen-bond donors (Lipinski definition) is 2. The molecule has 140 valence electrons. The van der Waals surface area contributed by atoms with Gasteiger partial charge in [0.15, 0.2) is 0 Å². The molecule has 1 amide bonds. The first kappa shape index (κ1) is 19.0. The maximum atomic E-state index is 12.8. The number of fused-ring (bicyclic) bond motifs is 1. The minimum absolute atomic E-state index is 0.0304. The molecule has 2 aromatic heterocycles. The molecule has 2 N–H and O–H groups in total. The highest BCUT2D eigenvalue weighted by Crippen LogP contribution is 2.32. The van der Waals surface area contributed by atoms with Crippen LogP contribution in [0.2, 0.25) is 10.0 Å². The molecule has 11 heteroatoms. The number of rotatable bonds is 1. The van der Waals surface area contributed by atoms with Crippen molar-refractivity contribution in [3.05, 3.63) is 63.3 Å². The molecule has 0 saturated carbocycles. The predicted octanol–water partition coefficient (Wildman–Crippen LogP) is 4.05. The van der Waals surface area contributed by atoms with E-state index in [9.17, 15) is 28.3 Å². The Morgan fingerprint density at radius 2 is 1.74 bits per heavy atom. The molecule has 0 radical (unpaired) electrons. The molecule has 0 spiro atoms. The van der Waals surface area contributed by atoms with Crippen LogP contribution < -0.4 is 5.36 Å². The molecule has 0 saturated heterocycles. The van der Waals surface area contributed by atoms with E-state index in [0.29, 0.717) is 10.8 Å². The number of aromatic nitrogens is 2. The zero-order valence-corrected chi connectivity index (χ0v) is 14.5. The van der Waals surface area contributed by atoms with Gasteiger partial charge in [0, 0.05) is 5.39 Å². The van der Waals surface area contributed by atoms with Gasteiger partial charge in [-0.1, -0.05) is 23.2 Å². The van der Waals surface area contributed by atoms with Crippen molar-refractivity contribution in [2.24, 2.45) is 4.99 Å². The van der Waals surface area contributed by atoms with E-state index in [-0.39, 0.29) is 26.4 Å². The number of pyridine rings is 2. The number of carbonyl (C=O) groups is 1. The Bertz CT molecular complexity index is 1120. The molecular formula is C16H8Cl2F3N3O3. The van der Waals surface area contributed by atoms with Gasteiger partial charge in [0.2, 0.25) is 0 Å². The number of aromatic hydroxyl groups is 1. The molecule has 27 heavy (non-hydrogen) atoms. The maximum Gasteiger partial charge on any atom is 0.433 e. The average molecular weight is 418 g/mol. The summed E-state index contributed by atoms with van der Waals surface area (Å²) in [6.07, 6.45) is -2.62. The van der Waals surface area contributed by atoms with Gasteiger partial charge in [0.25, 0.3) is 5.91 Å². The van der Waals surface area contributed by atoms with Crippen LogP contribution in [0.4, 0.5) is 13.2 Å². The van der Waals surface area contributed by atoms with Crippen LogP contribution in [0.15, 0.2) is 41.7 Å². The summed E-state index contributed by atoms with van der Waals surface area (Å²) in [6.45, 7) is 0. The number of nitrogens with zero attached hydrogens (tertiary/aromatic N) is 3. The Labute approximate surface area is 158 Å². The van der Waals surface area contributed by atoms with Crippen LogP contribution in [0.3, 0.4) is 0 Å². The Hall–Kier alpha value is -2.78. The van der Waals surface area contributed by atoms with E-state index >= 15 is 0 Å². The van der Waals surface area contributed by atoms with Crippen LogP contribution in [0.5, 0.6) is 5.75 Å². The number of amides is 1. The number of hydrogen-bond acceptors (Lipinski definition) is 4. The number of halogens is 5. The van der Waals surface area contributed by atoms with Gasteiger partial charge in [0.05, 0.1) is 28.0 Å². The van der Waals surface area contributed by atoms with Crippen LogP contribution in [0.25, 0.3) is 10.9 Å². The molecule has 1 aromatic carbocycles. The molecule has 0 unspecified atom stereocenters. The normalized spacial score (nSPS) is 11.6. The van der Waals surface area contributed by atoms with Crippen molar-refractivity contribution in [1.29, 1.82) is 0 Å². The molecule has 6 nitrogen and oxygen atoms in total. The molecule has 2 heterocycles. The van der Waals surface area contributed by atoms with Crippen molar-refractivity contribution in [2.45, 2.75) is 6.18 Å². The third-order valence-electron chi connectivity index (χ3n) is 3.51. The van der Waals surface area contributed by atoms with E-state index in [2.05, 4.69) is 9.98 Å². The van der Waals surface area contributed by atoms with Crippen LogP contribution in [-0.4, -0.2) is 25.9 Å². The summed E-state index contributed by atoms with van der Waals surface area (Å²) in [4.78, 5) is 19.7. The fraction of sp³-hybridized carbons (Fsp3) is 0.0625. The van der Waals surface area contributed by atoms with Gasteiger partial charge in [-0.25, -0.2) is 9.98 Å². The average Bonchev–Trinajstić information content (AvgIpc) is 2.57. The highest BCUT2D eigenvalue weighted by Gasteiger charge is 2.33. The van der Waals surface area contributed by atoms with Crippen LogP contribution >= 0.6 is 23.2 Å². The molecule has 0 aliphatic rings. The monoisotopic (exact) mass is 417 g/mol. The molecule has 0 bridgehead atoms. The van der Waals surface area contributed by atoms with Crippen molar-refractivity contribution < 1.29 is 28.3 Å². The Morgan fingerprint density at radius 1 is 1.11 bits per heavy atom. The van der Waals surface area contributed by atoms with Gasteiger partial charge in [-0.3, -0.25) is 4.79 Å². The zero-order valence-electron chi connectivity index (χ0n) is 13.0. The topological polar surface area (TPSA) is 87.7 Å². The summed E-state index contributed by atoms with van der Waals surface area (Å²) in [5.41, 5.74) is -1.73. The van der Waals surface area contributed by atoms with Crippen molar-refractivity contribution in [3.63, 3.8) is 0 Å². The molecule has 0 fully saturated rings. The maximum absolute atomic E-state index is 12.8. The zero-order chi connectivity index (χ0) is 19.9.